The second-order valence-corrected chi connectivity index (χ2v) is 2.85. The Hall–Kier alpha value is -0.970. The van der Waals surface area contributed by atoms with Gasteiger partial charge in [0.1, 0.15) is 0 Å². The van der Waals surface area contributed by atoms with E-state index in [4.69, 9.17) is 4.74 Å². The number of carbonyl (C=O) groups is 1. The monoisotopic (exact) mass is 152 g/mol. The van der Waals surface area contributed by atoms with Crippen molar-refractivity contribution in [2.75, 3.05) is 6.61 Å². The molecule has 0 aromatic rings. The van der Waals surface area contributed by atoms with Crippen molar-refractivity contribution in [3.63, 3.8) is 0 Å². The van der Waals surface area contributed by atoms with Gasteiger partial charge in [-0.1, -0.05) is 12.8 Å². The molecule has 1 saturated carbocycles. The van der Waals surface area contributed by atoms with Gasteiger partial charge in [0.05, 0.1) is 5.92 Å². The SMILES string of the molecule is CC#CCOC(=O)C1CC1C. The lowest BCUT2D eigenvalue weighted by molar-refractivity contribution is -0.144. The molecule has 1 aliphatic carbocycles. The molecule has 1 rings (SSSR count). The van der Waals surface area contributed by atoms with E-state index in [1.807, 2.05) is 0 Å². The Morgan fingerprint density at radius 2 is 2.36 bits per heavy atom. The van der Waals surface area contributed by atoms with Crippen LogP contribution in [0.25, 0.3) is 0 Å². The van der Waals surface area contributed by atoms with Crippen molar-refractivity contribution < 1.29 is 9.53 Å². The third-order valence-electron chi connectivity index (χ3n) is 1.88. The number of rotatable bonds is 2. The summed E-state index contributed by atoms with van der Waals surface area (Å²) >= 11 is 0. The normalized spacial score (nSPS) is 26.7. The fourth-order valence-corrected chi connectivity index (χ4v) is 0.937. The van der Waals surface area contributed by atoms with Gasteiger partial charge in [0.25, 0.3) is 0 Å². The van der Waals surface area contributed by atoms with Crippen molar-refractivity contribution >= 4 is 5.97 Å². The highest BCUT2D eigenvalue weighted by Gasteiger charge is 2.40. The van der Waals surface area contributed by atoms with Gasteiger partial charge in [-0.05, 0) is 19.3 Å². The van der Waals surface area contributed by atoms with Crippen LogP contribution in [0.1, 0.15) is 20.3 Å². The first-order chi connectivity index (χ1) is 5.25. The zero-order valence-electron chi connectivity index (χ0n) is 6.89. The minimum atomic E-state index is -0.0831. The summed E-state index contributed by atoms with van der Waals surface area (Å²) in [7, 11) is 0. The Bertz CT molecular complexity index is 209. The topological polar surface area (TPSA) is 26.3 Å². The van der Waals surface area contributed by atoms with Gasteiger partial charge < -0.3 is 4.74 Å². The van der Waals surface area contributed by atoms with Crippen LogP contribution in [0.2, 0.25) is 0 Å². The predicted octanol–water partition coefficient (Wildman–Crippen LogP) is 1.21. The van der Waals surface area contributed by atoms with Gasteiger partial charge >= 0.3 is 5.97 Å². The molecule has 0 heterocycles. The van der Waals surface area contributed by atoms with Crippen molar-refractivity contribution in [2.45, 2.75) is 20.3 Å². The van der Waals surface area contributed by atoms with Crippen LogP contribution in [0.4, 0.5) is 0 Å². The summed E-state index contributed by atoms with van der Waals surface area (Å²) in [5, 5.41) is 0. The quantitative estimate of drug-likeness (QED) is 0.439. The second-order valence-electron chi connectivity index (χ2n) is 2.85. The smallest absolute Gasteiger partial charge is 0.310 e. The molecule has 2 heteroatoms. The lowest BCUT2D eigenvalue weighted by Gasteiger charge is -1.96. The lowest BCUT2D eigenvalue weighted by Crippen LogP contribution is -2.07. The number of ether oxygens (including phenoxy) is 1. The minimum absolute atomic E-state index is 0.0831. The first-order valence-electron chi connectivity index (χ1n) is 3.82. The van der Waals surface area contributed by atoms with Gasteiger partial charge in [0, 0.05) is 0 Å². The molecule has 0 aromatic heterocycles. The molecular formula is C9H12O2. The number of carbonyl (C=O) groups excluding carboxylic acids is 1. The van der Waals surface area contributed by atoms with Crippen molar-refractivity contribution in [1.29, 1.82) is 0 Å². The number of hydrogen-bond acceptors (Lipinski definition) is 2. The summed E-state index contributed by atoms with van der Waals surface area (Å²) in [5.41, 5.74) is 0. The summed E-state index contributed by atoms with van der Waals surface area (Å²) in [4.78, 5) is 11.0. The fraction of sp³-hybridized carbons (Fsp3) is 0.667. The third-order valence-corrected chi connectivity index (χ3v) is 1.88. The van der Waals surface area contributed by atoms with Gasteiger partial charge in [0.15, 0.2) is 6.61 Å². The summed E-state index contributed by atoms with van der Waals surface area (Å²) < 4.78 is 4.86. The fourth-order valence-electron chi connectivity index (χ4n) is 0.937. The van der Waals surface area contributed by atoms with Crippen LogP contribution in [0.15, 0.2) is 0 Å². The molecule has 0 radical (unpaired) electrons. The zero-order valence-corrected chi connectivity index (χ0v) is 6.89. The average Bonchev–Trinajstić information content (AvgIpc) is 2.67. The van der Waals surface area contributed by atoms with Crippen LogP contribution >= 0.6 is 0 Å². The van der Waals surface area contributed by atoms with Gasteiger partial charge in [-0.3, -0.25) is 4.79 Å². The van der Waals surface area contributed by atoms with Crippen LogP contribution in [-0.2, 0) is 9.53 Å². The Morgan fingerprint density at radius 3 is 2.82 bits per heavy atom. The van der Waals surface area contributed by atoms with Crippen molar-refractivity contribution in [3.8, 4) is 11.8 Å². The van der Waals surface area contributed by atoms with Crippen LogP contribution in [0, 0.1) is 23.7 Å². The van der Waals surface area contributed by atoms with Crippen molar-refractivity contribution in [3.05, 3.63) is 0 Å². The summed E-state index contributed by atoms with van der Waals surface area (Å²) in [6.07, 6.45) is 0.985. The molecule has 1 aliphatic rings. The van der Waals surface area contributed by atoms with E-state index >= 15 is 0 Å². The van der Waals surface area contributed by atoms with Crippen LogP contribution < -0.4 is 0 Å². The standard InChI is InChI=1S/C9H12O2/c1-3-4-5-11-9(10)8-6-7(8)2/h7-8H,5-6H2,1-2H3. The van der Waals surface area contributed by atoms with E-state index < -0.39 is 0 Å². The van der Waals surface area contributed by atoms with Crippen molar-refractivity contribution in [2.24, 2.45) is 11.8 Å². The molecule has 0 saturated heterocycles. The molecule has 11 heavy (non-hydrogen) atoms. The highest BCUT2D eigenvalue weighted by molar-refractivity contribution is 5.75. The van der Waals surface area contributed by atoms with E-state index in [0.717, 1.165) is 6.42 Å². The highest BCUT2D eigenvalue weighted by atomic mass is 16.5. The molecule has 0 aromatic carbocycles. The highest BCUT2D eigenvalue weighted by Crippen LogP contribution is 2.38. The Labute approximate surface area is 66.9 Å². The third kappa shape index (κ3) is 2.27. The molecule has 0 bridgehead atoms. The van der Waals surface area contributed by atoms with Crippen molar-refractivity contribution in [1.82, 2.24) is 0 Å². The van der Waals surface area contributed by atoms with E-state index in [1.54, 1.807) is 6.92 Å². The van der Waals surface area contributed by atoms with Gasteiger partial charge in [-0.25, -0.2) is 0 Å². The summed E-state index contributed by atoms with van der Waals surface area (Å²) in [6, 6.07) is 0. The largest absolute Gasteiger partial charge is 0.452 e. The molecule has 2 unspecified atom stereocenters. The van der Waals surface area contributed by atoms with Gasteiger partial charge in [-0.15, -0.1) is 5.92 Å². The maximum atomic E-state index is 11.0. The molecule has 0 spiro atoms. The molecule has 1 fully saturated rings. The number of esters is 1. The van der Waals surface area contributed by atoms with Gasteiger partial charge in [-0.2, -0.15) is 0 Å². The Morgan fingerprint density at radius 1 is 1.73 bits per heavy atom. The first kappa shape index (κ1) is 8.13. The Kier molecular flexibility index (Phi) is 2.53. The summed E-state index contributed by atoms with van der Waals surface area (Å²) in [5.74, 6) is 5.95. The number of hydrogen-bond donors (Lipinski definition) is 0. The molecular weight excluding hydrogens is 140 g/mol. The maximum absolute atomic E-state index is 11.0. The van der Waals surface area contributed by atoms with E-state index in [2.05, 4.69) is 18.8 Å². The van der Waals surface area contributed by atoms with Crippen LogP contribution in [0.5, 0.6) is 0 Å². The molecule has 0 amide bonds. The maximum Gasteiger partial charge on any atom is 0.310 e. The minimum Gasteiger partial charge on any atom is -0.452 e. The lowest BCUT2D eigenvalue weighted by atomic mass is 10.3. The molecule has 0 aliphatic heterocycles. The molecule has 60 valence electrons. The Balaban J connectivity index is 2.15. The summed E-state index contributed by atoms with van der Waals surface area (Å²) in [6.45, 7) is 4.03. The van der Waals surface area contributed by atoms with E-state index in [1.165, 1.54) is 0 Å². The zero-order chi connectivity index (χ0) is 8.27. The van der Waals surface area contributed by atoms with Gasteiger partial charge in [0.2, 0.25) is 0 Å². The second kappa shape index (κ2) is 3.43. The van der Waals surface area contributed by atoms with Crippen LogP contribution in [-0.4, -0.2) is 12.6 Å². The molecule has 0 N–H and O–H groups in total. The average molecular weight is 152 g/mol. The van der Waals surface area contributed by atoms with E-state index in [0.29, 0.717) is 5.92 Å². The molecule has 2 nitrogen and oxygen atoms in total. The first-order valence-corrected chi connectivity index (χ1v) is 3.82. The molecule has 2 atom stereocenters. The van der Waals surface area contributed by atoms with E-state index in [9.17, 15) is 4.79 Å². The van der Waals surface area contributed by atoms with Crippen LogP contribution in [0.3, 0.4) is 0 Å². The van der Waals surface area contributed by atoms with E-state index in [-0.39, 0.29) is 18.5 Å². The predicted molar refractivity (Wildman–Crippen MR) is 41.7 cm³/mol.